The number of hydrogen-bond acceptors (Lipinski definition) is 3. The largest absolute Gasteiger partial charge is 0.497 e. The molecule has 1 atom stereocenters. The predicted octanol–water partition coefficient (Wildman–Crippen LogP) is 3.90. The van der Waals surface area contributed by atoms with Crippen molar-refractivity contribution in [1.82, 2.24) is 0 Å². The second kappa shape index (κ2) is 10.2. The van der Waals surface area contributed by atoms with E-state index in [9.17, 15) is 5.11 Å². The Morgan fingerprint density at radius 2 is 1.84 bits per heavy atom. The van der Waals surface area contributed by atoms with Gasteiger partial charge in [-0.3, -0.25) is 4.99 Å². The maximum atomic E-state index is 10.2. The minimum Gasteiger partial charge on any atom is -0.497 e. The first-order valence-electron chi connectivity index (χ1n) is 7.98. The molecule has 2 rings (SSSR count). The third-order valence-electron chi connectivity index (χ3n) is 3.76. The first-order chi connectivity index (χ1) is 11.5. The monoisotopic (exact) mass is 455 g/mol. The van der Waals surface area contributed by atoms with Gasteiger partial charge in [0, 0.05) is 5.69 Å². The quantitative estimate of drug-likeness (QED) is 0.351. The van der Waals surface area contributed by atoms with Crippen LogP contribution in [0.3, 0.4) is 0 Å². The van der Waals surface area contributed by atoms with Gasteiger partial charge in [-0.1, -0.05) is 38.1 Å². The van der Waals surface area contributed by atoms with Crippen molar-refractivity contribution in [3.05, 3.63) is 59.7 Å². The highest BCUT2D eigenvalue weighted by atomic mass is 127. The van der Waals surface area contributed by atoms with E-state index in [1.165, 1.54) is 5.56 Å². The molecule has 2 aromatic rings. The number of nitrogens with two attached hydrogens (primary N) is 1. The van der Waals surface area contributed by atoms with Crippen LogP contribution < -0.4 is 15.8 Å². The van der Waals surface area contributed by atoms with Gasteiger partial charge in [0.05, 0.1) is 19.8 Å². The van der Waals surface area contributed by atoms with Crippen molar-refractivity contribution >= 4 is 35.6 Å². The van der Waals surface area contributed by atoms with Crippen LogP contribution >= 0.6 is 24.0 Å². The Hall–Kier alpha value is -1.80. The van der Waals surface area contributed by atoms with Gasteiger partial charge in [0.25, 0.3) is 0 Å². The number of guanidine groups is 1. The van der Waals surface area contributed by atoms with Gasteiger partial charge in [-0.15, -0.1) is 24.0 Å². The Kier molecular flexibility index (Phi) is 8.71. The standard InChI is InChI=1S/C19H25N3O2.HI/c1-13(2)15-5-4-6-16(11-15)22-19(20)21-12-18(23)14-7-9-17(24-3)10-8-14;/h4-11,13,18,23H,12H2,1-3H3,(H3,20,21,22);1H. The molecule has 0 bridgehead atoms. The molecule has 0 amide bonds. The zero-order chi connectivity index (χ0) is 17.5. The summed E-state index contributed by atoms with van der Waals surface area (Å²) in [5.41, 5.74) is 8.80. The van der Waals surface area contributed by atoms with Gasteiger partial charge in [0.2, 0.25) is 0 Å². The molecule has 2 aromatic carbocycles. The van der Waals surface area contributed by atoms with Gasteiger partial charge in [-0.05, 0) is 41.3 Å². The summed E-state index contributed by atoms with van der Waals surface area (Å²) in [6, 6.07) is 15.3. The fourth-order valence-electron chi connectivity index (χ4n) is 2.28. The Labute approximate surface area is 166 Å². The summed E-state index contributed by atoms with van der Waals surface area (Å²) >= 11 is 0. The van der Waals surface area contributed by atoms with Crippen LogP contribution in [-0.2, 0) is 0 Å². The van der Waals surface area contributed by atoms with E-state index in [0.717, 1.165) is 17.0 Å². The summed E-state index contributed by atoms with van der Waals surface area (Å²) in [6.45, 7) is 4.47. The Morgan fingerprint density at radius 3 is 2.44 bits per heavy atom. The molecule has 0 aliphatic carbocycles. The van der Waals surface area contributed by atoms with Crippen LogP contribution in [-0.4, -0.2) is 24.7 Å². The Balaban J connectivity index is 0.00000312. The lowest BCUT2D eigenvalue weighted by molar-refractivity contribution is 0.187. The number of benzene rings is 2. The summed E-state index contributed by atoms with van der Waals surface area (Å²) in [6.07, 6.45) is -0.710. The average Bonchev–Trinajstić information content (AvgIpc) is 2.60. The highest BCUT2D eigenvalue weighted by Crippen LogP contribution is 2.19. The number of rotatable bonds is 6. The molecule has 0 aromatic heterocycles. The second-order valence-electron chi connectivity index (χ2n) is 5.92. The Bertz CT molecular complexity index is 687. The lowest BCUT2D eigenvalue weighted by Gasteiger charge is -2.12. The first-order valence-corrected chi connectivity index (χ1v) is 7.98. The molecular weight excluding hydrogens is 429 g/mol. The van der Waals surface area contributed by atoms with E-state index in [2.05, 4.69) is 30.2 Å². The van der Waals surface area contributed by atoms with Crippen molar-refractivity contribution in [2.75, 3.05) is 19.0 Å². The van der Waals surface area contributed by atoms with Gasteiger partial charge < -0.3 is 20.9 Å². The van der Waals surface area contributed by atoms with Crippen LogP contribution in [0.4, 0.5) is 5.69 Å². The molecule has 136 valence electrons. The van der Waals surface area contributed by atoms with E-state index in [4.69, 9.17) is 10.5 Å². The molecular formula is C19H26IN3O2. The molecule has 0 radical (unpaired) electrons. The third kappa shape index (κ3) is 6.55. The molecule has 0 aliphatic rings. The van der Waals surface area contributed by atoms with Gasteiger partial charge in [0.15, 0.2) is 5.96 Å². The van der Waals surface area contributed by atoms with E-state index in [-0.39, 0.29) is 36.5 Å². The van der Waals surface area contributed by atoms with Crippen LogP contribution in [0.15, 0.2) is 53.5 Å². The highest BCUT2D eigenvalue weighted by molar-refractivity contribution is 14.0. The molecule has 1 unspecified atom stereocenters. The van der Waals surface area contributed by atoms with E-state index in [1.54, 1.807) is 19.2 Å². The number of nitrogens with zero attached hydrogens (tertiary/aromatic N) is 1. The average molecular weight is 455 g/mol. The molecule has 0 spiro atoms. The number of aliphatic hydroxyl groups excluding tert-OH is 1. The number of hydrogen-bond donors (Lipinski definition) is 3. The smallest absolute Gasteiger partial charge is 0.193 e. The number of aliphatic hydroxyl groups is 1. The zero-order valence-electron chi connectivity index (χ0n) is 14.8. The molecule has 0 saturated carbocycles. The van der Waals surface area contributed by atoms with Crippen molar-refractivity contribution < 1.29 is 9.84 Å². The molecule has 4 N–H and O–H groups in total. The molecule has 0 heterocycles. The van der Waals surface area contributed by atoms with E-state index in [0.29, 0.717) is 5.92 Å². The zero-order valence-corrected chi connectivity index (χ0v) is 17.1. The topological polar surface area (TPSA) is 79.9 Å². The fraction of sp³-hybridized carbons (Fsp3) is 0.316. The molecule has 0 aliphatic heterocycles. The van der Waals surface area contributed by atoms with Crippen LogP contribution in [0.5, 0.6) is 5.75 Å². The van der Waals surface area contributed by atoms with Gasteiger partial charge in [-0.25, -0.2) is 0 Å². The lowest BCUT2D eigenvalue weighted by Crippen LogP contribution is -2.23. The lowest BCUT2D eigenvalue weighted by atomic mass is 10.0. The van der Waals surface area contributed by atoms with Crippen molar-refractivity contribution in [2.24, 2.45) is 10.7 Å². The number of methoxy groups -OCH3 is 1. The third-order valence-corrected chi connectivity index (χ3v) is 3.76. The van der Waals surface area contributed by atoms with E-state index >= 15 is 0 Å². The summed E-state index contributed by atoms with van der Waals surface area (Å²) in [5, 5.41) is 13.2. The van der Waals surface area contributed by atoms with Gasteiger partial charge in [-0.2, -0.15) is 0 Å². The van der Waals surface area contributed by atoms with Crippen LogP contribution in [0, 0.1) is 0 Å². The molecule has 0 fully saturated rings. The first kappa shape index (κ1) is 21.2. The SMILES string of the molecule is COc1ccc(C(O)CN=C(N)Nc2cccc(C(C)C)c2)cc1.I. The summed E-state index contributed by atoms with van der Waals surface area (Å²) in [7, 11) is 1.61. The van der Waals surface area contributed by atoms with Crippen LogP contribution in [0.25, 0.3) is 0 Å². The minimum absolute atomic E-state index is 0. The van der Waals surface area contributed by atoms with Crippen LogP contribution in [0.1, 0.15) is 37.0 Å². The number of nitrogens with one attached hydrogen (secondary N) is 1. The Morgan fingerprint density at radius 1 is 1.16 bits per heavy atom. The highest BCUT2D eigenvalue weighted by Gasteiger charge is 2.07. The maximum absolute atomic E-state index is 10.2. The van der Waals surface area contributed by atoms with E-state index in [1.807, 2.05) is 30.3 Å². The van der Waals surface area contributed by atoms with Crippen LogP contribution in [0.2, 0.25) is 0 Å². The fourth-order valence-corrected chi connectivity index (χ4v) is 2.28. The minimum atomic E-state index is -0.710. The van der Waals surface area contributed by atoms with Crippen molar-refractivity contribution in [2.45, 2.75) is 25.9 Å². The number of ether oxygens (including phenoxy) is 1. The van der Waals surface area contributed by atoms with Gasteiger partial charge in [0.1, 0.15) is 5.75 Å². The van der Waals surface area contributed by atoms with Crippen molar-refractivity contribution in [1.29, 1.82) is 0 Å². The van der Waals surface area contributed by atoms with Gasteiger partial charge >= 0.3 is 0 Å². The molecule has 6 heteroatoms. The number of anilines is 1. The predicted molar refractivity (Wildman–Crippen MR) is 114 cm³/mol. The second-order valence-corrected chi connectivity index (χ2v) is 5.92. The maximum Gasteiger partial charge on any atom is 0.193 e. The van der Waals surface area contributed by atoms with E-state index < -0.39 is 6.10 Å². The normalized spacial score (nSPS) is 12.4. The molecule has 25 heavy (non-hydrogen) atoms. The number of aliphatic imine (C=N–C) groups is 1. The summed E-state index contributed by atoms with van der Waals surface area (Å²) in [4.78, 5) is 4.21. The number of halogens is 1. The van der Waals surface area contributed by atoms with Crippen molar-refractivity contribution in [3.8, 4) is 5.75 Å². The molecule has 5 nitrogen and oxygen atoms in total. The summed E-state index contributed by atoms with van der Waals surface area (Å²) < 4.78 is 5.10. The molecule has 0 saturated heterocycles. The van der Waals surface area contributed by atoms with Crippen molar-refractivity contribution in [3.63, 3.8) is 0 Å². The summed E-state index contributed by atoms with van der Waals surface area (Å²) in [5.74, 6) is 1.48.